The molecule has 3 N–H and O–H groups in total. The van der Waals surface area contributed by atoms with Gasteiger partial charge in [-0.05, 0) is 12.5 Å². The minimum atomic E-state index is -0.0484. The summed E-state index contributed by atoms with van der Waals surface area (Å²) in [6, 6.07) is 3.44. The Morgan fingerprint density at radius 3 is 2.94 bits per heavy atom. The summed E-state index contributed by atoms with van der Waals surface area (Å²) in [7, 11) is 1.72. The number of pyridine rings is 1. The Morgan fingerprint density at radius 1 is 1.56 bits per heavy atom. The Labute approximate surface area is 92.9 Å². The minimum Gasteiger partial charge on any atom is -0.382 e. The minimum absolute atomic E-state index is 0.0484. The summed E-state index contributed by atoms with van der Waals surface area (Å²) < 4.78 is 1.52. The number of nitrogens with one attached hydrogen (secondary N) is 1. The second-order valence-electron chi connectivity index (χ2n) is 3.68. The molecule has 0 aromatic carbocycles. The Morgan fingerprint density at radius 2 is 2.31 bits per heavy atom. The van der Waals surface area contributed by atoms with E-state index in [1.54, 1.807) is 19.3 Å². The van der Waals surface area contributed by atoms with Crippen molar-refractivity contribution in [3.63, 3.8) is 0 Å². The molecule has 0 aliphatic heterocycles. The first-order chi connectivity index (χ1) is 7.63. The number of nitrogens with zero attached hydrogens (tertiary/aromatic N) is 2. The molecule has 0 saturated carbocycles. The van der Waals surface area contributed by atoms with Gasteiger partial charge in [0.1, 0.15) is 5.82 Å². The molecule has 5 nitrogen and oxygen atoms in total. The van der Waals surface area contributed by atoms with Crippen LogP contribution in [0.1, 0.15) is 12.5 Å². The van der Waals surface area contributed by atoms with Crippen LogP contribution in [-0.2, 0) is 13.5 Å². The van der Waals surface area contributed by atoms with Crippen LogP contribution < -0.4 is 11.3 Å². The molecule has 0 amide bonds. The molecule has 0 aliphatic rings. The molecule has 2 aromatic heterocycles. The fourth-order valence-corrected chi connectivity index (χ4v) is 1.68. The van der Waals surface area contributed by atoms with Gasteiger partial charge in [0.25, 0.3) is 5.56 Å². The van der Waals surface area contributed by atoms with E-state index in [9.17, 15) is 4.79 Å². The zero-order chi connectivity index (χ0) is 11.7. The summed E-state index contributed by atoms with van der Waals surface area (Å²) in [4.78, 5) is 11.5. The Hall–Kier alpha value is -2.04. The van der Waals surface area contributed by atoms with Gasteiger partial charge in [-0.15, -0.1) is 0 Å². The smallest absolute Gasteiger partial charge is 0.250 e. The summed E-state index contributed by atoms with van der Waals surface area (Å²) in [6.07, 6.45) is 2.51. The third-order valence-corrected chi connectivity index (χ3v) is 2.65. The van der Waals surface area contributed by atoms with E-state index in [0.717, 1.165) is 23.2 Å². The van der Waals surface area contributed by atoms with Gasteiger partial charge in [0, 0.05) is 30.4 Å². The maximum absolute atomic E-state index is 11.5. The van der Waals surface area contributed by atoms with Crippen LogP contribution in [0.3, 0.4) is 0 Å². The molecule has 16 heavy (non-hydrogen) atoms. The SMILES string of the molecule is CCc1c(N)n[nH]c1-c1ccn(C)c(=O)c1. The van der Waals surface area contributed by atoms with Crippen LogP contribution in [0, 0.1) is 0 Å². The molecule has 0 fully saturated rings. The first kappa shape index (κ1) is 10.5. The predicted molar refractivity (Wildman–Crippen MR) is 63.1 cm³/mol. The van der Waals surface area contributed by atoms with Gasteiger partial charge in [-0.25, -0.2) is 0 Å². The Kier molecular flexibility index (Phi) is 2.52. The second kappa shape index (κ2) is 3.84. The highest BCUT2D eigenvalue weighted by molar-refractivity contribution is 5.67. The highest BCUT2D eigenvalue weighted by atomic mass is 16.1. The van der Waals surface area contributed by atoms with E-state index in [2.05, 4.69) is 10.2 Å². The van der Waals surface area contributed by atoms with Crippen molar-refractivity contribution in [2.75, 3.05) is 5.73 Å². The lowest BCUT2D eigenvalue weighted by atomic mass is 10.1. The van der Waals surface area contributed by atoms with E-state index >= 15 is 0 Å². The van der Waals surface area contributed by atoms with Gasteiger partial charge < -0.3 is 10.3 Å². The highest BCUT2D eigenvalue weighted by Gasteiger charge is 2.11. The van der Waals surface area contributed by atoms with Crippen molar-refractivity contribution in [1.82, 2.24) is 14.8 Å². The van der Waals surface area contributed by atoms with Gasteiger partial charge in [-0.2, -0.15) is 5.10 Å². The number of aryl methyl sites for hydroxylation is 1. The van der Waals surface area contributed by atoms with E-state index < -0.39 is 0 Å². The highest BCUT2D eigenvalue weighted by Crippen LogP contribution is 2.24. The standard InChI is InChI=1S/C11H14N4O/c1-3-8-10(13-14-11(8)12)7-4-5-15(2)9(16)6-7/h4-6H,3H2,1-2H3,(H3,12,13,14). The van der Waals surface area contributed by atoms with E-state index in [1.807, 2.05) is 13.0 Å². The van der Waals surface area contributed by atoms with Crippen molar-refractivity contribution in [1.29, 1.82) is 0 Å². The lowest BCUT2D eigenvalue weighted by Gasteiger charge is -2.02. The predicted octanol–water partition coefficient (Wildman–Crippen LogP) is 0.920. The molecule has 0 saturated heterocycles. The number of rotatable bonds is 2. The van der Waals surface area contributed by atoms with Crippen LogP contribution in [-0.4, -0.2) is 14.8 Å². The normalized spacial score (nSPS) is 10.6. The quantitative estimate of drug-likeness (QED) is 0.786. The Bertz CT molecular complexity index is 568. The maximum atomic E-state index is 11.5. The molecule has 2 heterocycles. The van der Waals surface area contributed by atoms with E-state index in [4.69, 9.17) is 5.73 Å². The van der Waals surface area contributed by atoms with Crippen LogP contribution in [0.15, 0.2) is 23.1 Å². The van der Waals surface area contributed by atoms with Crippen molar-refractivity contribution in [3.05, 3.63) is 34.2 Å². The summed E-state index contributed by atoms with van der Waals surface area (Å²) in [5.41, 5.74) is 8.29. The van der Waals surface area contributed by atoms with E-state index in [1.165, 1.54) is 4.57 Å². The number of anilines is 1. The van der Waals surface area contributed by atoms with Gasteiger partial charge in [-0.3, -0.25) is 9.89 Å². The van der Waals surface area contributed by atoms with E-state index in [0.29, 0.717) is 5.82 Å². The average Bonchev–Trinajstić information content (AvgIpc) is 2.63. The molecule has 0 spiro atoms. The fraction of sp³-hybridized carbons (Fsp3) is 0.273. The van der Waals surface area contributed by atoms with Gasteiger partial charge in [0.2, 0.25) is 0 Å². The van der Waals surface area contributed by atoms with Crippen LogP contribution in [0.2, 0.25) is 0 Å². The molecule has 84 valence electrons. The molecule has 0 bridgehead atoms. The van der Waals surface area contributed by atoms with Crippen LogP contribution in [0.5, 0.6) is 0 Å². The molecule has 0 unspecified atom stereocenters. The summed E-state index contributed by atoms with van der Waals surface area (Å²) >= 11 is 0. The third-order valence-electron chi connectivity index (χ3n) is 2.65. The molecule has 0 radical (unpaired) electrons. The summed E-state index contributed by atoms with van der Waals surface area (Å²) in [6.45, 7) is 2.01. The zero-order valence-electron chi connectivity index (χ0n) is 9.32. The van der Waals surface area contributed by atoms with Gasteiger partial charge >= 0.3 is 0 Å². The first-order valence-electron chi connectivity index (χ1n) is 5.13. The number of hydrogen-bond donors (Lipinski definition) is 2. The summed E-state index contributed by atoms with van der Waals surface area (Å²) in [5, 5.41) is 6.82. The topological polar surface area (TPSA) is 76.7 Å². The van der Waals surface area contributed by atoms with Crippen LogP contribution in [0.25, 0.3) is 11.3 Å². The van der Waals surface area contributed by atoms with Crippen molar-refractivity contribution >= 4 is 5.82 Å². The number of aromatic amines is 1. The van der Waals surface area contributed by atoms with Crippen LogP contribution in [0.4, 0.5) is 5.82 Å². The second-order valence-corrected chi connectivity index (χ2v) is 3.68. The van der Waals surface area contributed by atoms with Crippen molar-refractivity contribution in [2.45, 2.75) is 13.3 Å². The van der Waals surface area contributed by atoms with Gasteiger partial charge in [-0.1, -0.05) is 6.92 Å². The number of nitrogen functional groups attached to an aromatic ring is 1. The van der Waals surface area contributed by atoms with Crippen molar-refractivity contribution in [3.8, 4) is 11.3 Å². The third kappa shape index (κ3) is 1.60. The largest absolute Gasteiger partial charge is 0.382 e. The monoisotopic (exact) mass is 218 g/mol. The van der Waals surface area contributed by atoms with Gasteiger partial charge in [0.05, 0.1) is 5.69 Å². The number of hydrogen-bond acceptors (Lipinski definition) is 3. The lowest BCUT2D eigenvalue weighted by Crippen LogP contribution is -2.14. The maximum Gasteiger partial charge on any atom is 0.250 e. The number of nitrogens with two attached hydrogens (primary N) is 1. The average molecular weight is 218 g/mol. The molecule has 0 aliphatic carbocycles. The number of aromatic nitrogens is 3. The zero-order valence-corrected chi connectivity index (χ0v) is 9.32. The first-order valence-corrected chi connectivity index (χ1v) is 5.13. The van der Waals surface area contributed by atoms with Crippen molar-refractivity contribution in [2.24, 2.45) is 7.05 Å². The lowest BCUT2D eigenvalue weighted by molar-refractivity contribution is 0.860. The summed E-state index contributed by atoms with van der Waals surface area (Å²) in [5.74, 6) is 0.498. The van der Waals surface area contributed by atoms with E-state index in [-0.39, 0.29) is 5.56 Å². The molecule has 2 rings (SSSR count). The van der Waals surface area contributed by atoms with Crippen molar-refractivity contribution < 1.29 is 0 Å². The van der Waals surface area contributed by atoms with Gasteiger partial charge in [0.15, 0.2) is 0 Å². The molecule has 2 aromatic rings. The molecule has 0 atom stereocenters. The number of H-pyrrole nitrogens is 1. The fourth-order valence-electron chi connectivity index (χ4n) is 1.68. The molecular weight excluding hydrogens is 204 g/mol. The molecule has 5 heteroatoms. The Balaban J connectivity index is 2.58. The molecular formula is C11H14N4O. The van der Waals surface area contributed by atoms with Crippen LogP contribution >= 0.6 is 0 Å².